The van der Waals surface area contributed by atoms with Gasteiger partial charge in [-0.3, -0.25) is 14.4 Å². The minimum Gasteiger partial charge on any atom is -0.372 e. The fourth-order valence-corrected chi connectivity index (χ4v) is 4.75. The van der Waals surface area contributed by atoms with Crippen molar-refractivity contribution in [3.8, 4) is 0 Å². The van der Waals surface area contributed by atoms with Crippen LogP contribution in [0.2, 0.25) is 5.15 Å². The number of fused-ring (bicyclic) bond motifs is 3. The lowest BCUT2D eigenvalue weighted by Crippen LogP contribution is -2.32. The molecule has 37 heavy (non-hydrogen) atoms. The Bertz CT molecular complexity index is 1530. The zero-order valence-electron chi connectivity index (χ0n) is 19.6. The summed E-state index contributed by atoms with van der Waals surface area (Å²) in [5.74, 6) is 0.400. The predicted molar refractivity (Wildman–Crippen MR) is 128 cm³/mol. The van der Waals surface area contributed by atoms with Crippen molar-refractivity contribution in [1.82, 2.24) is 24.7 Å². The van der Waals surface area contributed by atoms with Gasteiger partial charge in [0.15, 0.2) is 5.69 Å². The van der Waals surface area contributed by atoms with E-state index >= 15 is 0 Å². The number of aromatic nitrogens is 5. The number of pyridine rings is 1. The van der Waals surface area contributed by atoms with Crippen molar-refractivity contribution in [2.45, 2.75) is 44.7 Å². The molecule has 0 unspecified atom stereocenters. The monoisotopic (exact) mass is 528 g/mol. The van der Waals surface area contributed by atoms with Gasteiger partial charge >= 0.3 is 6.18 Å². The Morgan fingerprint density at radius 1 is 1.16 bits per heavy atom. The Balaban J connectivity index is 1.39. The highest BCUT2D eigenvalue weighted by molar-refractivity contribution is 6.30. The van der Waals surface area contributed by atoms with Crippen LogP contribution in [0.1, 0.15) is 57.3 Å². The molecule has 8 nitrogen and oxygen atoms in total. The lowest BCUT2D eigenvalue weighted by atomic mass is 10.0. The number of hydrogen-bond donors (Lipinski definition) is 0. The number of rotatable bonds is 5. The first-order valence-corrected chi connectivity index (χ1v) is 12.0. The summed E-state index contributed by atoms with van der Waals surface area (Å²) in [5, 5.41) is 4.81. The van der Waals surface area contributed by atoms with Gasteiger partial charge in [-0.1, -0.05) is 23.7 Å². The van der Waals surface area contributed by atoms with Crippen molar-refractivity contribution in [3.05, 3.63) is 75.6 Å². The average Bonchev–Trinajstić information content (AvgIpc) is 3.45. The zero-order chi connectivity index (χ0) is 25.9. The second kappa shape index (κ2) is 8.77. The van der Waals surface area contributed by atoms with Crippen LogP contribution >= 0.6 is 11.6 Å². The van der Waals surface area contributed by atoms with Crippen LogP contribution in [0.5, 0.6) is 0 Å². The molecular formula is C25H20ClF3N6O2. The van der Waals surface area contributed by atoms with Gasteiger partial charge in [0.2, 0.25) is 0 Å². The minimum absolute atomic E-state index is 0.0166. The van der Waals surface area contributed by atoms with Gasteiger partial charge in [0, 0.05) is 42.4 Å². The normalized spacial score (nSPS) is 15.3. The lowest BCUT2D eigenvalue weighted by molar-refractivity contribution is -0.141. The molecule has 2 aliphatic rings. The van der Waals surface area contributed by atoms with E-state index in [-0.39, 0.29) is 17.9 Å². The van der Waals surface area contributed by atoms with Crippen LogP contribution in [-0.4, -0.2) is 30.6 Å². The Kier molecular flexibility index (Phi) is 5.64. The fourth-order valence-electron chi connectivity index (χ4n) is 4.49. The molecule has 4 aromatic rings. The largest absolute Gasteiger partial charge is 0.435 e. The molecule has 4 heterocycles. The number of alkyl halides is 3. The van der Waals surface area contributed by atoms with Crippen LogP contribution in [0.3, 0.4) is 0 Å². The Labute approximate surface area is 214 Å². The molecule has 3 aromatic heterocycles. The van der Waals surface area contributed by atoms with E-state index in [9.17, 15) is 18.0 Å². The second-order valence-corrected chi connectivity index (χ2v) is 9.57. The number of hydrogen-bond acceptors (Lipinski definition) is 6. The highest BCUT2D eigenvalue weighted by Gasteiger charge is 2.36. The first kappa shape index (κ1) is 23.8. The molecular weight excluding hydrogens is 509 g/mol. The van der Waals surface area contributed by atoms with Crippen LogP contribution in [0.15, 0.2) is 36.7 Å². The highest BCUT2D eigenvalue weighted by Crippen LogP contribution is 2.38. The average molecular weight is 529 g/mol. The third kappa shape index (κ3) is 4.42. The van der Waals surface area contributed by atoms with Gasteiger partial charge in [-0.25, -0.2) is 15.0 Å². The summed E-state index contributed by atoms with van der Waals surface area (Å²) in [6.45, 7) is 0.776. The molecule has 0 spiro atoms. The summed E-state index contributed by atoms with van der Waals surface area (Å²) in [5.41, 5.74) is 2.14. The third-order valence-corrected chi connectivity index (χ3v) is 6.89. The molecule has 1 aromatic carbocycles. The van der Waals surface area contributed by atoms with Gasteiger partial charge in [-0.05, 0) is 30.0 Å². The predicted octanol–water partition coefficient (Wildman–Crippen LogP) is 5.19. The molecule has 12 heteroatoms. The Morgan fingerprint density at radius 2 is 1.89 bits per heavy atom. The van der Waals surface area contributed by atoms with E-state index < -0.39 is 17.8 Å². The van der Waals surface area contributed by atoms with Gasteiger partial charge in [-0.2, -0.15) is 18.3 Å². The van der Waals surface area contributed by atoms with Crippen molar-refractivity contribution in [3.63, 3.8) is 0 Å². The molecule has 6 rings (SSSR count). The molecule has 0 N–H and O–H groups in total. The number of nitrogens with zero attached hydrogens (tertiary/aromatic N) is 6. The van der Waals surface area contributed by atoms with Gasteiger partial charge in [-0.15, -0.1) is 0 Å². The number of carbonyl (C=O) groups is 1. The van der Waals surface area contributed by atoms with Crippen LogP contribution in [-0.2, 0) is 37.7 Å². The molecule has 0 saturated heterocycles. The highest BCUT2D eigenvalue weighted by atomic mass is 35.5. The molecule has 0 atom stereocenters. The number of benzene rings is 1. The Morgan fingerprint density at radius 3 is 2.57 bits per heavy atom. The fraction of sp³-hybridized carbons (Fsp3) is 0.320. The van der Waals surface area contributed by atoms with Crippen LogP contribution < -0.4 is 4.90 Å². The van der Waals surface area contributed by atoms with Gasteiger partial charge in [0.05, 0.1) is 30.8 Å². The van der Waals surface area contributed by atoms with Crippen molar-refractivity contribution < 1.29 is 22.7 Å². The van der Waals surface area contributed by atoms with Crippen LogP contribution in [0.25, 0.3) is 10.9 Å². The van der Waals surface area contributed by atoms with E-state index in [4.69, 9.17) is 16.3 Å². The topological polar surface area (TPSA) is 86.0 Å². The molecule has 0 radical (unpaired) electrons. The van der Waals surface area contributed by atoms with E-state index in [0.717, 1.165) is 40.1 Å². The van der Waals surface area contributed by atoms with Crippen molar-refractivity contribution in [2.24, 2.45) is 7.05 Å². The maximum Gasteiger partial charge on any atom is 0.435 e. The van der Waals surface area contributed by atoms with Gasteiger partial charge < -0.3 is 4.74 Å². The molecule has 1 saturated carbocycles. The number of anilines is 1. The van der Waals surface area contributed by atoms with Gasteiger partial charge in [0.1, 0.15) is 16.8 Å². The smallest absolute Gasteiger partial charge is 0.372 e. The summed E-state index contributed by atoms with van der Waals surface area (Å²) in [4.78, 5) is 27.9. The summed E-state index contributed by atoms with van der Waals surface area (Å²) in [6, 6.07) is 6.30. The quantitative estimate of drug-likeness (QED) is 0.332. The number of amides is 1. The SMILES string of the molecule is Cn1nc(C(F)(F)F)cc1N(Cc1ccc2c3c(c(Cl)nc2c1)COC3)C(=O)c1cnc(C2CC2)nc1. The maximum atomic E-state index is 13.6. The van der Waals surface area contributed by atoms with Crippen LogP contribution in [0, 0.1) is 0 Å². The first-order valence-electron chi connectivity index (χ1n) is 11.6. The van der Waals surface area contributed by atoms with E-state index in [1.54, 1.807) is 6.07 Å². The molecule has 1 fully saturated rings. The number of ether oxygens (including phenoxy) is 1. The molecule has 1 amide bonds. The summed E-state index contributed by atoms with van der Waals surface area (Å²) >= 11 is 6.35. The maximum absolute atomic E-state index is 13.6. The van der Waals surface area contributed by atoms with E-state index in [2.05, 4.69) is 20.1 Å². The number of halogens is 4. The molecule has 190 valence electrons. The van der Waals surface area contributed by atoms with E-state index in [1.165, 1.54) is 24.3 Å². The summed E-state index contributed by atoms with van der Waals surface area (Å²) in [7, 11) is 1.36. The van der Waals surface area contributed by atoms with Gasteiger partial charge in [0.25, 0.3) is 5.91 Å². The third-order valence-electron chi connectivity index (χ3n) is 6.58. The molecule has 1 aliphatic carbocycles. The lowest BCUT2D eigenvalue weighted by Gasteiger charge is -2.23. The van der Waals surface area contributed by atoms with Crippen molar-refractivity contribution in [1.29, 1.82) is 0 Å². The van der Waals surface area contributed by atoms with Crippen molar-refractivity contribution >= 4 is 34.2 Å². The Hall–Kier alpha value is -3.57. The first-order chi connectivity index (χ1) is 17.7. The second-order valence-electron chi connectivity index (χ2n) is 9.21. The standard InChI is InChI=1S/C25H20ClF3N6O2/c1-34-21(7-20(33-34)25(27,28)29)35(24(36)15-8-30-23(31-9-15)14-3-4-14)10-13-2-5-16-17-11-37-12-18(17)22(26)32-19(16)6-13/h2,5-9,14H,3-4,10-12H2,1H3. The van der Waals surface area contributed by atoms with Crippen LogP contribution in [0.4, 0.5) is 19.0 Å². The zero-order valence-corrected chi connectivity index (χ0v) is 20.3. The summed E-state index contributed by atoms with van der Waals surface area (Å²) in [6.07, 6.45) is 0.184. The molecule has 1 aliphatic heterocycles. The number of aryl methyl sites for hydroxylation is 1. The van der Waals surface area contributed by atoms with E-state index in [1.807, 2.05) is 12.1 Å². The van der Waals surface area contributed by atoms with E-state index in [0.29, 0.717) is 41.2 Å². The summed E-state index contributed by atoms with van der Waals surface area (Å²) < 4.78 is 46.8. The molecule has 0 bridgehead atoms. The van der Waals surface area contributed by atoms with Crippen molar-refractivity contribution in [2.75, 3.05) is 4.90 Å². The number of carbonyl (C=O) groups excluding carboxylic acids is 1. The minimum atomic E-state index is -4.66.